The zero-order valence-electron chi connectivity index (χ0n) is 18.5. The maximum absolute atomic E-state index is 13.4. The highest BCUT2D eigenvalue weighted by Gasteiger charge is 2.18. The molecule has 0 radical (unpaired) electrons. The summed E-state index contributed by atoms with van der Waals surface area (Å²) >= 11 is 6.67. The summed E-state index contributed by atoms with van der Waals surface area (Å²) in [5.41, 5.74) is 4.67. The van der Waals surface area contributed by atoms with Gasteiger partial charge in [-0.1, -0.05) is 23.7 Å². The lowest BCUT2D eigenvalue weighted by atomic mass is 10.0. The lowest BCUT2D eigenvalue weighted by molar-refractivity contribution is 0.195. The molecular weight excluding hydrogens is 438 g/mol. The molecule has 0 bridgehead atoms. The summed E-state index contributed by atoms with van der Waals surface area (Å²) in [5, 5.41) is 4.58. The first kappa shape index (κ1) is 21.6. The Balaban J connectivity index is 1.56. The van der Waals surface area contributed by atoms with Crippen molar-refractivity contribution in [1.82, 2.24) is 19.5 Å². The number of aromatic nitrogens is 4. The van der Waals surface area contributed by atoms with Gasteiger partial charge >= 0.3 is 0 Å². The van der Waals surface area contributed by atoms with Crippen LogP contribution >= 0.6 is 11.6 Å². The van der Waals surface area contributed by atoms with E-state index in [4.69, 9.17) is 16.3 Å². The van der Waals surface area contributed by atoms with Crippen LogP contribution in [0.3, 0.4) is 0 Å². The van der Waals surface area contributed by atoms with Crippen LogP contribution in [0.1, 0.15) is 18.9 Å². The van der Waals surface area contributed by atoms with Gasteiger partial charge in [0, 0.05) is 58.8 Å². The van der Waals surface area contributed by atoms with E-state index < -0.39 is 0 Å². The fourth-order valence-electron chi connectivity index (χ4n) is 4.17. The summed E-state index contributed by atoms with van der Waals surface area (Å²) in [5.74, 6) is 0.501. The number of halogens is 1. The van der Waals surface area contributed by atoms with Crippen molar-refractivity contribution in [3.8, 4) is 22.3 Å². The molecule has 4 heterocycles. The highest BCUT2D eigenvalue weighted by Crippen LogP contribution is 2.32. The molecule has 1 aliphatic rings. The first-order chi connectivity index (χ1) is 16.0. The van der Waals surface area contributed by atoms with E-state index >= 15 is 0 Å². The van der Waals surface area contributed by atoms with Crippen LogP contribution in [0.25, 0.3) is 33.3 Å². The molecule has 1 aliphatic heterocycles. The highest BCUT2D eigenvalue weighted by molar-refractivity contribution is 6.33. The van der Waals surface area contributed by atoms with Crippen molar-refractivity contribution in [2.75, 3.05) is 18.5 Å². The van der Waals surface area contributed by atoms with Crippen molar-refractivity contribution in [1.29, 1.82) is 0 Å². The van der Waals surface area contributed by atoms with Crippen LogP contribution in [0, 0.1) is 6.92 Å². The molecule has 1 N–H and O–H groups in total. The number of rotatable bonds is 5. The molecule has 0 spiro atoms. The quantitative estimate of drug-likeness (QED) is 0.463. The summed E-state index contributed by atoms with van der Waals surface area (Å²) in [6.45, 7) is 5.78. The third-order valence-electron chi connectivity index (χ3n) is 5.87. The van der Waals surface area contributed by atoms with Crippen LogP contribution < -0.4 is 10.9 Å². The zero-order valence-corrected chi connectivity index (χ0v) is 19.3. The summed E-state index contributed by atoms with van der Waals surface area (Å²) in [6, 6.07) is 9.79. The van der Waals surface area contributed by atoms with Crippen molar-refractivity contribution in [3.63, 3.8) is 0 Å². The van der Waals surface area contributed by atoms with E-state index in [9.17, 15) is 4.79 Å². The summed E-state index contributed by atoms with van der Waals surface area (Å²) < 4.78 is 7.07. The molecule has 5 rings (SSSR count). The Hall–Kier alpha value is -3.29. The van der Waals surface area contributed by atoms with E-state index in [1.54, 1.807) is 17.0 Å². The lowest BCUT2D eigenvalue weighted by Crippen LogP contribution is -2.24. The second-order valence-electron chi connectivity index (χ2n) is 8.23. The molecular formula is C25H24ClN5O2. The second-order valence-corrected chi connectivity index (χ2v) is 8.64. The topological polar surface area (TPSA) is 81.9 Å². The minimum Gasteiger partial charge on any atom is -0.379 e. The molecule has 0 saturated carbocycles. The number of nitrogens with zero attached hydrogens (tertiary/aromatic N) is 4. The van der Waals surface area contributed by atoms with Gasteiger partial charge in [-0.05, 0) is 49.6 Å². The zero-order chi connectivity index (χ0) is 22.9. The minimum atomic E-state index is -0.134. The second kappa shape index (κ2) is 8.92. The number of ether oxygens (including phenoxy) is 1. The Labute approximate surface area is 196 Å². The Morgan fingerprint density at radius 3 is 2.76 bits per heavy atom. The lowest BCUT2D eigenvalue weighted by Gasteiger charge is -2.14. The van der Waals surface area contributed by atoms with Crippen LogP contribution in [0.15, 0.2) is 53.7 Å². The van der Waals surface area contributed by atoms with Gasteiger partial charge in [-0.3, -0.25) is 14.3 Å². The number of benzene rings is 1. The van der Waals surface area contributed by atoms with Gasteiger partial charge in [0.15, 0.2) is 0 Å². The van der Waals surface area contributed by atoms with Gasteiger partial charge < -0.3 is 10.1 Å². The Kier molecular flexibility index (Phi) is 5.83. The Morgan fingerprint density at radius 1 is 1.15 bits per heavy atom. The number of hydrogen-bond acceptors (Lipinski definition) is 6. The van der Waals surface area contributed by atoms with Gasteiger partial charge in [-0.2, -0.15) is 4.98 Å². The average Bonchev–Trinajstić information content (AvgIpc) is 3.32. The average molecular weight is 462 g/mol. The van der Waals surface area contributed by atoms with Crippen LogP contribution in [-0.2, 0) is 11.3 Å². The van der Waals surface area contributed by atoms with Crippen molar-refractivity contribution < 1.29 is 4.74 Å². The van der Waals surface area contributed by atoms with Gasteiger partial charge in [0.25, 0.3) is 5.56 Å². The minimum absolute atomic E-state index is 0.134. The molecule has 168 valence electrons. The number of nitrogens with one attached hydrogen (secondary N) is 1. The van der Waals surface area contributed by atoms with E-state index in [1.807, 2.05) is 44.3 Å². The third kappa shape index (κ3) is 4.21. The van der Waals surface area contributed by atoms with Crippen molar-refractivity contribution in [2.45, 2.75) is 32.9 Å². The highest BCUT2D eigenvalue weighted by atomic mass is 35.5. The van der Waals surface area contributed by atoms with Gasteiger partial charge in [0.1, 0.15) is 5.65 Å². The number of aryl methyl sites for hydroxylation is 2. The van der Waals surface area contributed by atoms with Gasteiger partial charge in [0.05, 0.1) is 12.6 Å². The predicted molar refractivity (Wildman–Crippen MR) is 131 cm³/mol. The van der Waals surface area contributed by atoms with Crippen LogP contribution in [0.2, 0.25) is 5.02 Å². The molecule has 1 fully saturated rings. The first-order valence-corrected chi connectivity index (χ1v) is 11.4. The molecule has 4 aromatic rings. The number of fused-ring (bicyclic) bond motifs is 1. The molecule has 1 unspecified atom stereocenters. The molecule has 3 aromatic heterocycles. The number of pyridine rings is 2. The molecule has 1 aromatic carbocycles. The van der Waals surface area contributed by atoms with Gasteiger partial charge in [-0.15, -0.1) is 0 Å². The van der Waals surface area contributed by atoms with Gasteiger partial charge in [0.2, 0.25) is 5.95 Å². The van der Waals surface area contributed by atoms with Crippen molar-refractivity contribution in [3.05, 3.63) is 69.9 Å². The van der Waals surface area contributed by atoms with E-state index in [0.29, 0.717) is 40.9 Å². The molecule has 7 nitrogen and oxygen atoms in total. The Bertz CT molecular complexity index is 1400. The van der Waals surface area contributed by atoms with Crippen molar-refractivity contribution in [2.24, 2.45) is 0 Å². The molecule has 33 heavy (non-hydrogen) atoms. The van der Waals surface area contributed by atoms with Gasteiger partial charge in [-0.25, -0.2) is 4.98 Å². The predicted octanol–water partition coefficient (Wildman–Crippen LogP) is 4.70. The van der Waals surface area contributed by atoms with E-state index in [-0.39, 0.29) is 11.6 Å². The van der Waals surface area contributed by atoms with Crippen LogP contribution in [-0.4, -0.2) is 38.8 Å². The first-order valence-electron chi connectivity index (χ1n) is 11.0. The van der Waals surface area contributed by atoms with E-state index in [2.05, 4.69) is 26.3 Å². The molecule has 8 heteroatoms. The van der Waals surface area contributed by atoms with E-state index in [0.717, 1.165) is 35.1 Å². The van der Waals surface area contributed by atoms with Crippen LogP contribution in [0.5, 0.6) is 0 Å². The van der Waals surface area contributed by atoms with Crippen molar-refractivity contribution >= 4 is 28.6 Å². The maximum atomic E-state index is 13.4. The Morgan fingerprint density at radius 2 is 2.03 bits per heavy atom. The number of anilines is 1. The largest absolute Gasteiger partial charge is 0.379 e. The van der Waals surface area contributed by atoms with E-state index in [1.165, 1.54) is 0 Å². The summed E-state index contributed by atoms with van der Waals surface area (Å²) in [6.07, 6.45) is 6.27. The summed E-state index contributed by atoms with van der Waals surface area (Å²) in [7, 11) is 0. The molecule has 1 atom stereocenters. The normalized spacial score (nSPS) is 15.8. The number of hydrogen-bond donors (Lipinski definition) is 1. The SMILES string of the molecule is CCn1c(=O)c(-c2ccc(-c3cncc(C)c3)cc2Cl)cc2cnc(NC3CCOC3)nc21. The monoisotopic (exact) mass is 461 g/mol. The smallest absolute Gasteiger partial charge is 0.260 e. The molecule has 0 amide bonds. The van der Waals surface area contributed by atoms with Crippen LogP contribution in [0.4, 0.5) is 5.95 Å². The fourth-order valence-corrected chi connectivity index (χ4v) is 4.45. The fraction of sp³-hybridized carbons (Fsp3) is 0.280. The standard InChI is InChI=1S/C25H24ClN5O2/c1-3-31-23-18(13-28-25(30-23)29-19-6-7-33-14-19)9-21(24(31)32)20-5-4-16(10-22(20)26)17-8-15(2)11-27-12-17/h4-5,8-13,19H,3,6-7,14H2,1-2H3,(H,28,29,30). The molecule has 1 saturated heterocycles. The maximum Gasteiger partial charge on any atom is 0.260 e. The molecule has 0 aliphatic carbocycles. The summed E-state index contributed by atoms with van der Waals surface area (Å²) in [4.78, 5) is 26.8. The third-order valence-corrected chi connectivity index (χ3v) is 6.19.